The Morgan fingerprint density at radius 1 is 1.31 bits per heavy atom. The number of halogens is 1. The van der Waals surface area contributed by atoms with Crippen molar-refractivity contribution in [1.29, 1.82) is 0 Å². The quantitative estimate of drug-likeness (QED) is 0.537. The Morgan fingerprint density at radius 2 is 1.92 bits per heavy atom. The first kappa shape index (κ1) is 8.57. The molecule has 0 bridgehead atoms. The highest BCUT2D eigenvalue weighted by Gasteiger charge is 2.23. The molecule has 2 rings (SSSR count). The first-order valence-corrected chi connectivity index (χ1v) is 4.65. The molecule has 1 fully saturated rings. The molecule has 0 aliphatic heterocycles. The van der Waals surface area contributed by atoms with E-state index >= 15 is 0 Å². The Balaban J connectivity index is 2.17. The highest BCUT2D eigenvalue weighted by molar-refractivity contribution is 6.32. The van der Waals surface area contributed by atoms with Crippen LogP contribution < -0.4 is 4.42 Å². The Bertz CT molecular complexity index is 305. The molecule has 1 saturated carbocycles. The third-order valence-corrected chi connectivity index (χ3v) is 2.56. The maximum absolute atomic E-state index is 10.3. The fourth-order valence-corrected chi connectivity index (χ4v) is 1.48. The normalized spacial score (nSPS) is 15.5. The Hall–Kier alpha value is -1.02. The zero-order chi connectivity index (χ0) is 9.26. The smallest absolute Gasteiger partial charge is 0.228 e. The third-order valence-electron chi connectivity index (χ3n) is 2.28. The SMILES string of the molecule is O=CN(Cl)c1ccc(C2CC2)cc1. The third kappa shape index (κ3) is 1.83. The second-order valence-corrected chi connectivity index (χ2v) is 3.65. The van der Waals surface area contributed by atoms with Crippen LogP contribution in [0.2, 0.25) is 0 Å². The van der Waals surface area contributed by atoms with Gasteiger partial charge in [0.1, 0.15) is 0 Å². The van der Waals surface area contributed by atoms with Crippen molar-refractivity contribution in [3.63, 3.8) is 0 Å². The van der Waals surface area contributed by atoms with Crippen LogP contribution in [0, 0.1) is 0 Å². The van der Waals surface area contributed by atoms with Crippen molar-refractivity contribution in [3.05, 3.63) is 29.8 Å². The summed E-state index contributed by atoms with van der Waals surface area (Å²) in [4.78, 5) is 10.3. The lowest BCUT2D eigenvalue weighted by molar-refractivity contribution is -0.106. The van der Waals surface area contributed by atoms with Crippen LogP contribution in [0.15, 0.2) is 24.3 Å². The molecule has 1 aromatic rings. The molecule has 3 heteroatoms. The molecule has 1 aliphatic rings. The van der Waals surface area contributed by atoms with Gasteiger partial charge in [-0.25, -0.2) is 4.42 Å². The van der Waals surface area contributed by atoms with Gasteiger partial charge in [0.25, 0.3) is 0 Å². The van der Waals surface area contributed by atoms with Gasteiger partial charge in [-0.15, -0.1) is 0 Å². The molecule has 0 saturated heterocycles. The van der Waals surface area contributed by atoms with Crippen LogP contribution in [0.5, 0.6) is 0 Å². The number of nitrogens with zero attached hydrogens (tertiary/aromatic N) is 1. The fourth-order valence-electron chi connectivity index (χ4n) is 1.37. The molecule has 0 radical (unpaired) electrons. The standard InChI is InChI=1S/C10H10ClNO/c11-12(7-13)10-5-3-9(4-6-10)8-1-2-8/h3-8H,1-2H2. The predicted octanol–water partition coefficient (Wildman–Crippen LogP) is 2.68. The molecule has 1 amide bonds. The van der Waals surface area contributed by atoms with Gasteiger partial charge < -0.3 is 0 Å². The molecule has 0 aromatic heterocycles. The Labute approximate surface area is 82.2 Å². The highest BCUT2D eigenvalue weighted by atomic mass is 35.5. The average molecular weight is 196 g/mol. The van der Waals surface area contributed by atoms with Crippen LogP contribution in [-0.4, -0.2) is 6.41 Å². The average Bonchev–Trinajstić information content (AvgIpc) is 3.00. The fraction of sp³-hybridized carbons (Fsp3) is 0.300. The molecular weight excluding hydrogens is 186 g/mol. The molecule has 68 valence electrons. The van der Waals surface area contributed by atoms with Gasteiger partial charge in [0, 0.05) is 11.8 Å². The molecule has 1 aliphatic carbocycles. The van der Waals surface area contributed by atoms with Crippen LogP contribution in [0.1, 0.15) is 24.3 Å². The largest absolute Gasteiger partial charge is 0.277 e. The van der Waals surface area contributed by atoms with E-state index in [0.29, 0.717) is 6.41 Å². The van der Waals surface area contributed by atoms with Gasteiger partial charge in [-0.2, -0.15) is 0 Å². The van der Waals surface area contributed by atoms with E-state index in [1.165, 1.54) is 18.4 Å². The van der Waals surface area contributed by atoms with E-state index in [2.05, 4.69) is 0 Å². The number of hydrogen-bond acceptors (Lipinski definition) is 1. The summed E-state index contributed by atoms with van der Waals surface area (Å²) in [5.41, 5.74) is 2.07. The number of benzene rings is 1. The highest BCUT2D eigenvalue weighted by Crippen LogP contribution is 2.40. The van der Waals surface area contributed by atoms with E-state index in [1.54, 1.807) is 0 Å². The molecular formula is C10H10ClNO. The summed E-state index contributed by atoms with van der Waals surface area (Å²) in [6.07, 6.45) is 3.17. The van der Waals surface area contributed by atoms with E-state index in [4.69, 9.17) is 11.8 Å². The molecule has 2 nitrogen and oxygen atoms in total. The molecule has 0 unspecified atom stereocenters. The summed E-state index contributed by atoms with van der Waals surface area (Å²) in [6, 6.07) is 7.81. The monoisotopic (exact) mass is 195 g/mol. The van der Waals surface area contributed by atoms with E-state index in [9.17, 15) is 4.79 Å². The summed E-state index contributed by atoms with van der Waals surface area (Å²) in [6.45, 7) is 0. The summed E-state index contributed by atoms with van der Waals surface area (Å²) in [7, 11) is 0. The van der Waals surface area contributed by atoms with E-state index in [-0.39, 0.29) is 0 Å². The minimum absolute atomic E-state index is 0.591. The summed E-state index contributed by atoms with van der Waals surface area (Å²) in [5.74, 6) is 0.744. The van der Waals surface area contributed by atoms with Gasteiger partial charge in [-0.05, 0) is 36.5 Å². The van der Waals surface area contributed by atoms with Crippen molar-refractivity contribution in [2.75, 3.05) is 4.42 Å². The second-order valence-electron chi connectivity index (χ2n) is 3.28. The maximum Gasteiger partial charge on any atom is 0.228 e. The number of carbonyl (C=O) groups is 1. The minimum Gasteiger partial charge on any atom is -0.277 e. The van der Waals surface area contributed by atoms with Gasteiger partial charge >= 0.3 is 0 Å². The van der Waals surface area contributed by atoms with Crippen molar-refractivity contribution in [2.45, 2.75) is 18.8 Å². The lowest BCUT2D eigenvalue weighted by Gasteiger charge is -2.07. The minimum atomic E-state index is 0.591. The van der Waals surface area contributed by atoms with E-state index in [0.717, 1.165) is 16.0 Å². The molecule has 0 heterocycles. The van der Waals surface area contributed by atoms with Crippen molar-refractivity contribution >= 4 is 23.9 Å². The second kappa shape index (κ2) is 3.38. The van der Waals surface area contributed by atoms with Crippen molar-refractivity contribution in [1.82, 2.24) is 0 Å². The van der Waals surface area contributed by atoms with Crippen LogP contribution in [0.3, 0.4) is 0 Å². The summed E-state index contributed by atoms with van der Waals surface area (Å²) < 4.78 is 1.05. The predicted molar refractivity (Wildman–Crippen MR) is 52.8 cm³/mol. The van der Waals surface area contributed by atoms with Gasteiger partial charge in [0.05, 0.1) is 5.69 Å². The number of rotatable bonds is 3. The molecule has 13 heavy (non-hydrogen) atoms. The van der Waals surface area contributed by atoms with Crippen molar-refractivity contribution in [2.24, 2.45) is 0 Å². The Kier molecular flexibility index (Phi) is 2.23. The molecule has 1 aromatic carbocycles. The Morgan fingerprint density at radius 3 is 2.38 bits per heavy atom. The number of anilines is 1. The summed E-state index contributed by atoms with van der Waals surface area (Å²) in [5, 5.41) is 0. The van der Waals surface area contributed by atoms with E-state index < -0.39 is 0 Å². The maximum atomic E-state index is 10.3. The van der Waals surface area contributed by atoms with Crippen molar-refractivity contribution in [3.8, 4) is 0 Å². The zero-order valence-electron chi connectivity index (χ0n) is 7.11. The van der Waals surface area contributed by atoms with Gasteiger partial charge in [0.2, 0.25) is 6.41 Å². The van der Waals surface area contributed by atoms with Crippen molar-refractivity contribution < 1.29 is 4.79 Å². The van der Waals surface area contributed by atoms with Crippen LogP contribution >= 0.6 is 11.8 Å². The van der Waals surface area contributed by atoms with Gasteiger partial charge in [0.15, 0.2) is 0 Å². The lowest BCUT2D eigenvalue weighted by Crippen LogP contribution is -2.05. The topological polar surface area (TPSA) is 20.3 Å². The first-order chi connectivity index (χ1) is 6.31. The van der Waals surface area contributed by atoms with Gasteiger partial charge in [-0.1, -0.05) is 12.1 Å². The number of carbonyl (C=O) groups excluding carboxylic acids is 1. The van der Waals surface area contributed by atoms with E-state index in [1.807, 2.05) is 24.3 Å². The molecule has 0 N–H and O–H groups in total. The van der Waals surface area contributed by atoms with Crippen LogP contribution in [0.4, 0.5) is 5.69 Å². The zero-order valence-corrected chi connectivity index (χ0v) is 7.87. The molecule has 0 atom stereocenters. The number of amides is 1. The first-order valence-electron chi connectivity index (χ1n) is 4.31. The molecule has 0 spiro atoms. The van der Waals surface area contributed by atoms with Crippen LogP contribution in [0.25, 0.3) is 0 Å². The van der Waals surface area contributed by atoms with Crippen LogP contribution in [-0.2, 0) is 4.79 Å². The number of hydrogen-bond donors (Lipinski definition) is 0. The van der Waals surface area contributed by atoms with Gasteiger partial charge in [-0.3, -0.25) is 4.79 Å². The summed E-state index contributed by atoms with van der Waals surface area (Å²) >= 11 is 5.60. The lowest BCUT2D eigenvalue weighted by atomic mass is 10.1.